The Bertz CT molecular complexity index is 5290. The number of benzene rings is 11. The van der Waals surface area contributed by atoms with Crippen LogP contribution in [0.15, 0.2) is 255 Å². The maximum absolute atomic E-state index is 5.50. The maximum Gasteiger partial charge on any atom is 0.164 e. The van der Waals surface area contributed by atoms with Gasteiger partial charge in [0.1, 0.15) is 23.3 Å². The fraction of sp³-hybridized carbons (Fsp3) is 0.0506. The molecule has 0 spiro atoms. The fourth-order valence-electron chi connectivity index (χ4n) is 13.5. The summed E-state index contributed by atoms with van der Waals surface area (Å²) in [6, 6.07) is 90.6. The van der Waals surface area contributed by atoms with Crippen molar-refractivity contribution in [2.75, 3.05) is 0 Å². The van der Waals surface area contributed by atoms with Crippen LogP contribution in [0.4, 0.5) is 0 Å². The first-order valence-corrected chi connectivity index (χ1v) is 30.5. The third-order valence-electron chi connectivity index (χ3n) is 17.3. The Balaban J connectivity index is 1.07. The number of fused-ring (bicyclic) bond motifs is 9. The van der Waals surface area contributed by atoms with E-state index in [1.54, 1.807) is 0 Å². The molecule has 0 aliphatic rings. The number of aromatic nitrogens is 12. The van der Waals surface area contributed by atoms with Crippen LogP contribution in [0.3, 0.4) is 0 Å². The van der Waals surface area contributed by atoms with Gasteiger partial charge in [-0.25, -0.2) is 44.9 Å². The predicted molar refractivity (Wildman–Crippen MR) is 367 cm³/mol. The van der Waals surface area contributed by atoms with Crippen molar-refractivity contribution in [1.82, 2.24) is 58.6 Å². The molecule has 0 N–H and O–H groups in total. The smallest absolute Gasteiger partial charge is 0.164 e. The minimum Gasteiger partial charge on any atom is -0.309 e. The van der Waals surface area contributed by atoms with Crippen molar-refractivity contribution in [2.45, 2.75) is 27.7 Å². The summed E-state index contributed by atoms with van der Waals surface area (Å²) in [5, 5.41) is 6.62. The van der Waals surface area contributed by atoms with Crippen LogP contribution in [-0.2, 0) is 0 Å². The van der Waals surface area contributed by atoms with Crippen molar-refractivity contribution in [2.24, 2.45) is 0 Å². The summed E-state index contributed by atoms with van der Waals surface area (Å²) in [6.45, 7) is 7.65. The van der Waals surface area contributed by atoms with Crippen LogP contribution in [0.25, 0.3) is 162 Å². The number of rotatable bonds is 10. The molecule has 12 nitrogen and oxygen atoms in total. The number of aryl methyl sites for hydroxylation is 4. The van der Waals surface area contributed by atoms with Gasteiger partial charge in [-0.05, 0) is 113 Å². The Kier molecular flexibility index (Phi) is 12.4. The third-order valence-corrected chi connectivity index (χ3v) is 17.3. The van der Waals surface area contributed by atoms with Crippen molar-refractivity contribution >= 4 is 65.4 Å². The quantitative estimate of drug-likeness (QED) is 0.131. The summed E-state index contributed by atoms with van der Waals surface area (Å²) in [5.41, 5.74) is 17.3. The summed E-state index contributed by atoms with van der Waals surface area (Å²) in [5.74, 6) is 5.44. The van der Waals surface area contributed by atoms with Gasteiger partial charge in [-0.3, -0.25) is 0 Å². The minimum absolute atomic E-state index is 0.521. The lowest BCUT2D eigenvalue weighted by molar-refractivity contribution is 0.928. The first-order chi connectivity index (χ1) is 44.8. The van der Waals surface area contributed by atoms with E-state index in [4.69, 9.17) is 34.9 Å². The molecule has 0 bridgehead atoms. The van der Waals surface area contributed by atoms with Gasteiger partial charge in [0.2, 0.25) is 0 Å². The molecule has 6 heterocycles. The van der Waals surface area contributed by atoms with Crippen LogP contribution in [-0.4, -0.2) is 58.6 Å². The van der Waals surface area contributed by atoms with Crippen molar-refractivity contribution < 1.29 is 0 Å². The van der Waals surface area contributed by atoms with Crippen molar-refractivity contribution in [3.8, 4) is 96.3 Å². The third kappa shape index (κ3) is 8.94. The molecule has 17 aromatic rings. The second-order valence-electron chi connectivity index (χ2n) is 23.0. The van der Waals surface area contributed by atoms with Gasteiger partial charge >= 0.3 is 0 Å². The maximum atomic E-state index is 5.50. The lowest BCUT2D eigenvalue weighted by atomic mass is 9.90. The largest absolute Gasteiger partial charge is 0.309 e. The van der Waals surface area contributed by atoms with Gasteiger partial charge in [-0.2, -0.15) is 0 Å². The molecule has 0 aliphatic heterocycles. The Hall–Kier alpha value is -12.2. The zero-order chi connectivity index (χ0) is 60.8. The van der Waals surface area contributed by atoms with Gasteiger partial charge in [-0.1, -0.05) is 170 Å². The van der Waals surface area contributed by atoms with E-state index in [-0.39, 0.29) is 0 Å². The average molecular weight is 1170 g/mol. The number of hydrogen-bond acceptors (Lipinski definition) is 9. The minimum atomic E-state index is 0.521. The average Bonchev–Trinajstić information content (AvgIpc) is 1.70. The predicted octanol–water partition coefficient (Wildman–Crippen LogP) is 18.4. The summed E-state index contributed by atoms with van der Waals surface area (Å²) in [7, 11) is 0. The zero-order valence-electron chi connectivity index (χ0n) is 50.1. The molecular formula is C79H54N12. The molecule has 0 saturated carbocycles. The number of para-hydroxylation sites is 6. The summed E-state index contributed by atoms with van der Waals surface area (Å²) in [6.07, 6.45) is 0. The van der Waals surface area contributed by atoms with E-state index >= 15 is 0 Å². The van der Waals surface area contributed by atoms with E-state index in [0.717, 1.165) is 133 Å². The zero-order valence-corrected chi connectivity index (χ0v) is 50.1. The molecule has 0 atom stereocenters. The SMILES string of the molecule is Cc1nc(C)nc(-c2ccc3c(c2)c2cc(-c4nc(C)nc(C)n4)ccc2n3-c2c(-c3ccccc3-n3c4ccccc4c4ccccc43)cc(-c3nc(-c4ccccc4)nc(-c4ccccc4)n3)cc2-c2ccccc2-n2c3ccccc3c3ccccc32)n1. The lowest BCUT2D eigenvalue weighted by Crippen LogP contribution is -2.07. The van der Waals surface area contributed by atoms with Crippen molar-refractivity contribution in [3.05, 3.63) is 278 Å². The molecule has 12 heteroatoms. The highest BCUT2D eigenvalue weighted by molar-refractivity contribution is 6.15. The van der Waals surface area contributed by atoms with E-state index < -0.39 is 0 Å². The van der Waals surface area contributed by atoms with E-state index in [1.807, 2.05) is 64.1 Å². The van der Waals surface area contributed by atoms with Gasteiger partial charge in [0, 0.05) is 82.4 Å². The lowest BCUT2D eigenvalue weighted by Gasteiger charge is -2.24. The molecule has 430 valence electrons. The second-order valence-corrected chi connectivity index (χ2v) is 23.0. The standard InChI is InChI=1S/C79H54N12/c1-47-80-48(2)83-77(82-47)53-39-41-72-62(43-53)63-44-54(78-84-49(3)81-50(4)85-78)40-42-73(63)91(72)74-64(60-31-15-21-37-70(60)89-66-33-17-11-27-56(66)57-28-12-18-34-67(57)89)45-55(79-87-75(51-23-7-5-8-24-51)86-76(88-79)52-25-9-6-10-26-52)46-65(74)61-32-16-22-38-71(61)90-68-35-19-13-29-58(68)59-30-14-20-36-69(59)90/h5-46H,1-4H3. The molecule has 0 amide bonds. The molecule has 0 unspecified atom stereocenters. The molecule has 0 saturated heterocycles. The fourth-order valence-corrected chi connectivity index (χ4v) is 13.5. The van der Waals surface area contributed by atoms with E-state index in [2.05, 4.69) is 242 Å². The highest BCUT2D eigenvalue weighted by Gasteiger charge is 2.28. The molecule has 0 fully saturated rings. The molecule has 6 aromatic heterocycles. The molecule has 91 heavy (non-hydrogen) atoms. The normalized spacial score (nSPS) is 11.7. The van der Waals surface area contributed by atoms with E-state index in [0.29, 0.717) is 52.4 Å². The van der Waals surface area contributed by atoms with Crippen molar-refractivity contribution in [3.63, 3.8) is 0 Å². The monoisotopic (exact) mass is 1170 g/mol. The van der Waals surface area contributed by atoms with Gasteiger partial charge in [0.15, 0.2) is 29.1 Å². The van der Waals surface area contributed by atoms with Gasteiger partial charge < -0.3 is 13.7 Å². The molecule has 17 rings (SSSR count). The van der Waals surface area contributed by atoms with Crippen molar-refractivity contribution in [1.29, 1.82) is 0 Å². The van der Waals surface area contributed by atoms with Crippen LogP contribution in [0, 0.1) is 27.7 Å². The molecular weight excluding hydrogens is 1120 g/mol. The molecule has 0 radical (unpaired) electrons. The van der Waals surface area contributed by atoms with Crippen LogP contribution in [0.5, 0.6) is 0 Å². The van der Waals surface area contributed by atoms with Crippen LogP contribution < -0.4 is 0 Å². The summed E-state index contributed by atoms with van der Waals surface area (Å²) >= 11 is 0. The summed E-state index contributed by atoms with van der Waals surface area (Å²) in [4.78, 5) is 45.0. The first-order valence-electron chi connectivity index (χ1n) is 30.5. The van der Waals surface area contributed by atoms with Gasteiger partial charge in [0.25, 0.3) is 0 Å². The second kappa shape index (κ2) is 21.3. The topological polar surface area (TPSA) is 131 Å². The summed E-state index contributed by atoms with van der Waals surface area (Å²) < 4.78 is 7.31. The van der Waals surface area contributed by atoms with Gasteiger partial charge in [-0.15, -0.1) is 0 Å². The Labute approximate surface area is 523 Å². The Morgan fingerprint density at radius 1 is 0.209 bits per heavy atom. The Morgan fingerprint density at radius 3 is 0.901 bits per heavy atom. The van der Waals surface area contributed by atoms with Gasteiger partial charge in [0.05, 0.1) is 50.2 Å². The van der Waals surface area contributed by atoms with Crippen LogP contribution in [0.2, 0.25) is 0 Å². The van der Waals surface area contributed by atoms with E-state index in [1.165, 1.54) is 0 Å². The van der Waals surface area contributed by atoms with E-state index in [9.17, 15) is 0 Å². The first kappa shape index (κ1) is 53.1. The Morgan fingerprint density at radius 2 is 0.516 bits per heavy atom. The molecule has 11 aromatic carbocycles. The highest BCUT2D eigenvalue weighted by atomic mass is 15.1. The molecule has 0 aliphatic carbocycles. The number of hydrogen-bond donors (Lipinski definition) is 0. The highest BCUT2D eigenvalue weighted by Crippen LogP contribution is 2.49. The van der Waals surface area contributed by atoms with Crippen LogP contribution in [0.1, 0.15) is 23.3 Å². The number of nitrogens with zero attached hydrogens (tertiary/aromatic N) is 12. The van der Waals surface area contributed by atoms with Crippen LogP contribution >= 0.6 is 0 Å².